The Kier molecular flexibility index (Phi) is 12.2. The number of rotatable bonds is 5. The molecule has 1 unspecified atom stereocenters. The van der Waals surface area contributed by atoms with Crippen molar-refractivity contribution in [2.24, 2.45) is 11.7 Å². The van der Waals surface area contributed by atoms with Crippen LogP contribution in [0.3, 0.4) is 0 Å². The molecule has 1 amide bonds. The van der Waals surface area contributed by atoms with Gasteiger partial charge in [-0.3, -0.25) is 4.79 Å². The number of hydrogen-bond donors (Lipinski definition) is 1. The van der Waals surface area contributed by atoms with Crippen molar-refractivity contribution in [3.8, 4) is 0 Å². The van der Waals surface area contributed by atoms with Crippen LogP contribution < -0.4 is 5.73 Å². The molecule has 0 spiro atoms. The maximum Gasteiger partial charge on any atom is 0.222 e. The number of nitrogens with zero attached hydrogens (tertiary/aromatic N) is 2. The Labute approximate surface area is 123 Å². The highest BCUT2D eigenvalue weighted by molar-refractivity contribution is 5.85. The molecule has 0 aromatic carbocycles. The third-order valence-corrected chi connectivity index (χ3v) is 3.27. The van der Waals surface area contributed by atoms with E-state index in [1.165, 1.54) is 19.4 Å². The molecule has 1 saturated heterocycles. The van der Waals surface area contributed by atoms with Gasteiger partial charge in [-0.25, -0.2) is 0 Å². The van der Waals surface area contributed by atoms with Crippen molar-refractivity contribution in [2.45, 2.75) is 25.7 Å². The molecule has 110 valence electrons. The summed E-state index contributed by atoms with van der Waals surface area (Å²) < 4.78 is 0. The predicted molar refractivity (Wildman–Crippen MR) is 80.6 cm³/mol. The SMILES string of the molecule is CN1CCCC(CN(C)C(=O)CCCN)C1.Cl.Cl. The lowest BCUT2D eigenvalue weighted by Crippen LogP contribution is -2.40. The first-order chi connectivity index (χ1) is 7.63. The summed E-state index contributed by atoms with van der Waals surface area (Å²) in [6, 6.07) is 0. The van der Waals surface area contributed by atoms with Crippen molar-refractivity contribution in [2.75, 3.05) is 40.3 Å². The molecule has 0 radical (unpaired) electrons. The van der Waals surface area contributed by atoms with E-state index in [2.05, 4.69) is 11.9 Å². The average molecular weight is 300 g/mol. The Hall–Kier alpha value is -0.0300. The molecule has 1 heterocycles. The molecule has 1 aliphatic rings. The Balaban J connectivity index is 0. The second kappa shape index (κ2) is 10.9. The van der Waals surface area contributed by atoms with Gasteiger partial charge in [-0.05, 0) is 45.3 Å². The highest BCUT2D eigenvalue weighted by Gasteiger charge is 2.20. The highest BCUT2D eigenvalue weighted by atomic mass is 35.5. The molecular weight excluding hydrogens is 273 g/mol. The minimum absolute atomic E-state index is 0. The summed E-state index contributed by atoms with van der Waals surface area (Å²) in [5, 5.41) is 0. The van der Waals surface area contributed by atoms with Gasteiger partial charge in [-0.2, -0.15) is 0 Å². The fourth-order valence-electron chi connectivity index (χ4n) is 2.36. The molecule has 1 fully saturated rings. The van der Waals surface area contributed by atoms with E-state index >= 15 is 0 Å². The van der Waals surface area contributed by atoms with E-state index in [4.69, 9.17) is 5.73 Å². The second-order valence-corrected chi connectivity index (χ2v) is 4.94. The summed E-state index contributed by atoms with van der Waals surface area (Å²) in [5.41, 5.74) is 5.40. The fraction of sp³-hybridized carbons (Fsp3) is 0.917. The minimum atomic E-state index is 0. The molecule has 6 heteroatoms. The van der Waals surface area contributed by atoms with Gasteiger partial charge in [0.1, 0.15) is 0 Å². The van der Waals surface area contributed by atoms with Crippen LogP contribution in [0, 0.1) is 5.92 Å². The Morgan fingerprint density at radius 3 is 2.67 bits per heavy atom. The Morgan fingerprint density at radius 2 is 2.11 bits per heavy atom. The predicted octanol–water partition coefficient (Wildman–Crippen LogP) is 1.37. The lowest BCUT2D eigenvalue weighted by Gasteiger charge is -2.32. The third-order valence-electron chi connectivity index (χ3n) is 3.27. The first-order valence-corrected chi connectivity index (χ1v) is 6.26. The first-order valence-electron chi connectivity index (χ1n) is 6.26. The molecule has 0 bridgehead atoms. The summed E-state index contributed by atoms with van der Waals surface area (Å²) in [7, 11) is 4.07. The average Bonchev–Trinajstić information content (AvgIpc) is 2.25. The molecule has 2 N–H and O–H groups in total. The van der Waals surface area contributed by atoms with E-state index < -0.39 is 0 Å². The van der Waals surface area contributed by atoms with Crippen molar-refractivity contribution in [1.82, 2.24) is 9.80 Å². The van der Waals surface area contributed by atoms with Crippen LogP contribution in [0.15, 0.2) is 0 Å². The van der Waals surface area contributed by atoms with E-state index in [1.54, 1.807) is 0 Å². The molecule has 0 aliphatic carbocycles. The van der Waals surface area contributed by atoms with Crippen molar-refractivity contribution in [1.29, 1.82) is 0 Å². The zero-order chi connectivity index (χ0) is 12.0. The van der Waals surface area contributed by atoms with Crippen LogP contribution in [-0.4, -0.2) is 56.0 Å². The van der Waals surface area contributed by atoms with Crippen LogP contribution in [0.5, 0.6) is 0 Å². The van der Waals surface area contributed by atoms with Gasteiger partial charge in [0.15, 0.2) is 0 Å². The van der Waals surface area contributed by atoms with Gasteiger partial charge in [-0.1, -0.05) is 0 Å². The topological polar surface area (TPSA) is 49.6 Å². The smallest absolute Gasteiger partial charge is 0.222 e. The maximum atomic E-state index is 11.7. The van der Waals surface area contributed by atoms with Crippen molar-refractivity contribution < 1.29 is 4.79 Å². The zero-order valence-electron chi connectivity index (χ0n) is 11.4. The van der Waals surface area contributed by atoms with E-state index in [-0.39, 0.29) is 30.7 Å². The minimum Gasteiger partial charge on any atom is -0.345 e. The number of likely N-dealkylation sites (tertiary alicyclic amines) is 1. The van der Waals surface area contributed by atoms with Crippen LogP contribution in [0.25, 0.3) is 0 Å². The van der Waals surface area contributed by atoms with Crippen LogP contribution >= 0.6 is 24.8 Å². The highest BCUT2D eigenvalue weighted by Crippen LogP contribution is 2.16. The molecule has 1 aliphatic heterocycles. The lowest BCUT2D eigenvalue weighted by atomic mass is 9.98. The summed E-state index contributed by atoms with van der Waals surface area (Å²) in [6.45, 7) is 3.81. The van der Waals surface area contributed by atoms with Gasteiger partial charge < -0.3 is 15.5 Å². The van der Waals surface area contributed by atoms with Gasteiger partial charge in [-0.15, -0.1) is 24.8 Å². The normalized spacial score (nSPS) is 19.6. The van der Waals surface area contributed by atoms with E-state index in [0.717, 1.165) is 19.5 Å². The summed E-state index contributed by atoms with van der Waals surface area (Å²) in [4.78, 5) is 15.9. The number of carbonyl (C=O) groups is 1. The zero-order valence-corrected chi connectivity index (χ0v) is 13.1. The van der Waals surface area contributed by atoms with Crippen molar-refractivity contribution in [3.05, 3.63) is 0 Å². The van der Waals surface area contributed by atoms with Crippen LogP contribution in [0.4, 0.5) is 0 Å². The Bertz CT molecular complexity index is 229. The number of halogens is 2. The molecule has 4 nitrogen and oxygen atoms in total. The largest absolute Gasteiger partial charge is 0.345 e. The van der Waals surface area contributed by atoms with E-state index in [9.17, 15) is 4.79 Å². The standard InChI is InChI=1S/C12H25N3O.2ClH/c1-14-8-4-5-11(9-14)10-15(2)12(16)6-3-7-13;;/h11H,3-10,13H2,1-2H3;2*1H. The van der Waals surface area contributed by atoms with Gasteiger partial charge in [0.25, 0.3) is 0 Å². The van der Waals surface area contributed by atoms with Crippen molar-refractivity contribution in [3.63, 3.8) is 0 Å². The molecule has 0 aromatic rings. The van der Waals surface area contributed by atoms with Gasteiger partial charge in [0.2, 0.25) is 5.91 Å². The van der Waals surface area contributed by atoms with E-state index in [1.807, 2.05) is 11.9 Å². The summed E-state index contributed by atoms with van der Waals surface area (Å²) in [6.07, 6.45) is 3.90. The summed E-state index contributed by atoms with van der Waals surface area (Å²) >= 11 is 0. The monoisotopic (exact) mass is 299 g/mol. The lowest BCUT2D eigenvalue weighted by molar-refractivity contribution is -0.130. The fourth-order valence-corrected chi connectivity index (χ4v) is 2.36. The van der Waals surface area contributed by atoms with Gasteiger partial charge in [0.05, 0.1) is 0 Å². The Morgan fingerprint density at radius 1 is 1.44 bits per heavy atom. The molecular formula is C12H27Cl2N3O. The maximum absolute atomic E-state index is 11.7. The molecule has 1 rings (SSSR count). The van der Waals surface area contributed by atoms with E-state index in [0.29, 0.717) is 18.9 Å². The number of nitrogens with two attached hydrogens (primary N) is 1. The third kappa shape index (κ3) is 7.41. The molecule has 18 heavy (non-hydrogen) atoms. The summed E-state index contributed by atoms with van der Waals surface area (Å²) in [5.74, 6) is 0.879. The number of piperidine rings is 1. The number of hydrogen-bond acceptors (Lipinski definition) is 3. The molecule has 0 aromatic heterocycles. The molecule has 0 saturated carbocycles. The van der Waals surface area contributed by atoms with Crippen LogP contribution in [0.1, 0.15) is 25.7 Å². The van der Waals surface area contributed by atoms with Gasteiger partial charge >= 0.3 is 0 Å². The van der Waals surface area contributed by atoms with Crippen LogP contribution in [-0.2, 0) is 4.79 Å². The van der Waals surface area contributed by atoms with Gasteiger partial charge in [0, 0.05) is 26.6 Å². The quantitative estimate of drug-likeness (QED) is 0.834. The molecule has 1 atom stereocenters. The second-order valence-electron chi connectivity index (χ2n) is 4.94. The number of amides is 1. The van der Waals surface area contributed by atoms with Crippen molar-refractivity contribution >= 4 is 30.7 Å². The van der Waals surface area contributed by atoms with Crippen LogP contribution in [0.2, 0.25) is 0 Å². The number of carbonyl (C=O) groups excluding carboxylic acids is 1. The first kappa shape index (κ1) is 20.3.